The minimum absolute atomic E-state index is 0.0457. The van der Waals surface area contributed by atoms with Gasteiger partial charge in [-0.25, -0.2) is 0 Å². The largest absolute Gasteiger partial charge is 0.756 e. The Labute approximate surface area is 355 Å². The van der Waals surface area contributed by atoms with E-state index in [1.54, 1.807) is 0 Å². The Bertz CT molecular complexity index is 1220. The summed E-state index contributed by atoms with van der Waals surface area (Å²) in [5.41, 5.74) is 0. The van der Waals surface area contributed by atoms with Crippen molar-refractivity contribution in [1.82, 2.24) is 0 Å². The molecular formula is C48H84NO8P. The molecule has 58 heavy (non-hydrogen) atoms. The van der Waals surface area contributed by atoms with Gasteiger partial charge in [0.2, 0.25) is 0 Å². The highest BCUT2D eigenvalue weighted by molar-refractivity contribution is 7.45. The number of unbranched alkanes of at least 4 members (excludes halogenated alkanes) is 14. The molecule has 0 rings (SSSR count). The number of hydrogen-bond acceptors (Lipinski definition) is 8. The van der Waals surface area contributed by atoms with Crippen molar-refractivity contribution >= 4 is 19.8 Å². The molecule has 0 aromatic carbocycles. The van der Waals surface area contributed by atoms with Gasteiger partial charge >= 0.3 is 11.9 Å². The highest BCUT2D eigenvalue weighted by atomic mass is 31.2. The van der Waals surface area contributed by atoms with Crippen molar-refractivity contribution in [2.24, 2.45) is 0 Å². The number of nitrogens with zero attached hydrogens (tertiary/aromatic N) is 1. The molecular weight excluding hydrogens is 750 g/mol. The summed E-state index contributed by atoms with van der Waals surface area (Å²) in [6.45, 7) is 4.08. The summed E-state index contributed by atoms with van der Waals surface area (Å²) >= 11 is 0. The van der Waals surface area contributed by atoms with Crippen molar-refractivity contribution < 1.29 is 42.1 Å². The third-order valence-corrected chi connectivity index (χ3v) is 10.2. The zero-order chi connectivity index (χ0) is 42.8. The zero-order valence-electron chi connectivity index (χ0n) is 37.5. The minimum atomic E-state index is -4.65. The first-order chi connectivity index (χ1) is 28.0. The molecule has 334 valence electrons. The van der Waals surface area contributed by atoms with E-state index in [4.69, 9.17) is 18.5 Å². The minimum Gasteiger partial charge on any atom is -0.756 e. The molecule has 0 radical (unpaired) electrons. The number of rotatable bonds is 40. The zero-order valence-corrected chi connectivity index (χ0v) is 38.4. The predicted molar refractivity (Wildman–Crippen MR) is 240 cm³/mol. The van der Waals surface area contributed by atoms with E-state index >= 15 is 0 Å². The van der Waals surface area contributed by atoms with Crippen molar-refractivity contribution in [3.05, 3.63) is 72.9 Å². The van der Waals surface area contributed by atoms with Crippen LogP contribution in [0.5, 0.6) is 0 Å². The number of hydrogen-bond donors (Lipinski definition) is 0. The Morgan fingerprint density at radius 3 is 1.50 bits per heavy atom. The van der Waals surface area contributed by atoms with Crippen LogP contribution in [0.15, 0.2) is 72.9 Å². The van der Waals surface area contributed by atoms with Crippen molar-refractivity contribution in [3.8, 4) is 0 Å². The molecule has 0 fully saturated rings. The molecule has 0 saturated heterocycles. The summed E-state index contributed by atoms with van der Waals surface area (Å²) in [5.74, 6) is -0.941. The molecule has 0 aliphatic heterocycles. The monoisotopic (exact) mass is 834 g/mol. The van der Waals surface area contributed by atoms with Crippen molar-refractivity contribution in [3.63, 3.8) is 0 Å². The maximum atomic E-state index is 12.7. The van der Waals surface area contributed by atoms with Gasteiger partial charge < -0.3 is 27.9 Å². The highest BCUT2D eigenvalue weighted by Gasteiger charge is 2.21. The molecule has 0 aliphatic carbocycles. The summed E-state index contributed by atoms with van der Waals surface area (Å²) in [6, 6.07) is 0. The Morgan fingerprint density at radius 2 is 0.966 bits per heavy atom. The van der Waals surface area contributed by atoms with Crippen LogP contribution in [0.4, 0.5) is 0 Å². The summed E-state index contributed by atoms with van der Waals surface area (Å²) in [7, 11) is 1.12. The smallest absolute Gasteiger partial charge is 0.306 e. The van der Waals surface area contributed by atoms with E-state index < -0.39 is 32.5 Å². The van der Waals surface area contributed by atoms with E-state index in [9.17, 15) is 19.0 Å². The molecule has 1 unspecified atom stereocenters. The van der Waals surface area contributed by atoms with Gasteiger partial charge in [0.15, 0.2) is 6.10 Å². The van der Waals surface area contributed by atoms with Gasteiger partial charge in [0, 0.05) is 12.8 Å². The molecule has 0 amide bonds. The molecule has 0 bridgehead atoms. The van der Waals surface area contributed by atoms with Crippen LogP contribution in [-0.2, 0) is 32.7 Å². The van der Waals surface area contributed by atoms with Gasteiger partial charge in [-0.3, -0.25) is 14.2 Å². The van der Waals surface area contributed by atoms with Gasteiger partial charge in [-0.2, -0.15) is 0 Å². The number of likely N-dealkylation sites (N-methyl/N-ethyl adjacent to an activating group) is 1. The standard InChI is InChI=1S/C48H84NO8P/c1-6-8-10-12-14-16-18-20-22-23-24-25-27-28-30-32-34-36-38-40-47(50)54-44-46(45-56-58(52,53)55-43-42-49(3,4)5)57-48(51)41-39-37-35-33-31-29-26-21-19-17-15-13-11-9-7-2/h14,16-17,19-20,22,24-25,28,30,34,36,46H,6-13,15,18,21,23,26-27,29,31-33,35,37-45H2,1-5H3/b16-14-,19-17-,22-20-,25-24-,30-28-,36-34-/t46-/m1/s1. The summed E-state index contributed by atoms with van der Waals surface area (Å²) in [4.78, 5) is 37.5. The van der Waals surface area contributed by atoms with E-state index in [1.165, 1.54) is 77.0 Å². The number of allylic oxidation sites excluding steroid dienone is 12. The second-order valence-corrected chi connectivity index (χ2v) is 17.5. The number of phosphoric ester groups is 1. The first-order valence-corrected chi connectivity index (χ1v) is 24.1. The first kappa shape index (κ1) is 55.5. The maximum absolute atomic E-state index is 12.7. The Morgan fingerprint density at radius 1 is 0.534 bits per heavy atom. The van der Waals surface area contributed by atoms with Crippen molar-refractivity contribution in [1.29, 1.82) is 0 Å². The number of quaternary nitrogens is 1. The lowest BCUT2D eigenvalue weighted by molar-refractivity contribution is -0.870. The molecule has 0 saturated carbocycles. The van der Waals surface area contributed by atoms with Crippen LogP contribution in [0.1, 0.15) is 168 Å². The van der Waals surface area contributed by atoms with Gasteiger partial charge in [-0.1, -0.05) is 151 Å². The topological polar surface area (TPSA) is 111 Å². The number of esters is 2. The molecule has 0 spiro atoms. The van der Waals surface area contributed by atoms with Gasteiger partial charge in [-0.15, -0.1) is 0 Å². The Kier molecular flexibility index (Phi) is 38.1. The summed E-state index contributed by atoms with van der Waals surface area (Å²) in [5, 5.41) is 0. The van der Waals surface area contributed by atoms with E-state index in [0.717, 1.165) is 51.4 Å². The quantitative estimate of drug-likeness (QED) is 0.0197. The Hall–Kier alpha value is -2.55. The first-order valence-electron chi connectivity index (χ1n) is 22.6. The predicted octanol–water partition coefficient (Wildman–Crippen LogP) is 12.4. The molecule has 0 aromatic heterocycles. The normalized spacial score (nSPS) is 14.2. The summed E-state index contributed by atoms with van der Waals surface area (Å²) in [6.07, 6.45) is 49.4. The Balaban J connectivity index is 4.48. The molecule has 0 aliphatic rings. The molecule has 0 N–H and O–H groups in total. The fraction of sp³-hybridized carbons (Fsp3) is 0.708. The average molecular weight is 834 g/mol. The third-order valence-electron chi connectivity index (χ3n) is 9.21. The second-order valence-electron chi connectivity index (χ2n) is 16.1. The molecule has 0 heterocycles. The number of carbonyl (C=O) groups is 2. The lowest BCUT2D eigenvalue weighted by atomic mass is 10.1. The summed E-state index contributed by atoms with van der Waals surface area (Å²) < 4.78 is 33.8. The van der Waals surface area contributed by atoms with Gasteiger partial charge in [-0.05, 0) is 77.0 Å². The third kappa shape index (κ3) is 43.0. The second kappa shape index (κ2) is 39.9. The fourth-order valence-electron chi connectivity index (χ4n) is 5.63. The SMILES string of the molecule is CCCCC/C=C\C/C=C\C/C=C\C/C=C\C/C=C\CCC(=O)OC[C@H](COP(=O)([O-])OCC[N+](C)(C)C)OC(=O)CCCCCCCCC/C=C\CCCCCC. The van der Waals surface area contributed by atoms with Crippen LogP contribution in [0, 0.1) is 0 Å². The van der Waals surface area contributed by atoms with Crippen LogP contribution in [0.25, 0.3) is 0 Å². The van der Waals surface area contributed by atoms with Crippen molar-refractivity contribution in [2.45, 2.75) is 174 Å². The van der Waals surface area contributed by atoms with Gasteiger partial charge in [0.1, 0.15) is 19.8 Å². The van der Waals surface area contributed by atoms with E-state index in [2.05, 4.69) is 74.6 Å². The number of phosphoric acid groups is 1. The molecule has 0 aromatic rings. The average Bonchev–Trinajstić information content (AvgIpc) is 3.17. The highest BCUT2D eigenvalue weighted by Crippen LogP contribution is 2.38. The number of carbonyl (C=O) groups excluding carboxylic acids is 2. The molecule has 9 nitrogen and oxygen atoms in total. The van der Waals surface area contributed by atoms with E-state index in [0.29, 0.717) is 23.9 Å². The van der Waals surface area contributed by atoms with E-state index in [-0.39, 0.29) is 26.1 Å². The van der Waals surface area contributed by atoms with Crippen LogP contribution in [0.3, 0.4) is 0 Å². The van der Waals surface area contributed by atoms with Crippen LogP contribution < -0.4 is 4.89 Å². The molecule has 2 atom stereocenters. The van der Waals surface area contributed by atoms with E-state index in [1.807, 2.05) is 33.3 Å². The van der Waals surface area contributed by atoms with Crippen molar-refractivity contribution in [2.75, 3.05) is 47.5 Å². The van der Waals surface area contributed by atoms with Crippen LogP contribution >= 0.6 is 7.82 Å². The lowest BCUT2D eigenvalue weighted by Crippen LogP contribution is -2.37. The van der Waals surface area contributed by atoms with Crippen LogP contribution in [0.2, 0.25) is 0 Å². The lowest BCUT2D eigenvalue weighted by Gasteiger charge is -2.28. The van der Waals surface area contributed by atoms with Crippen LogP contribution in [-0.4, -0.2) is 70.0 Å². The molecule has 10 heteroatoms. The fourth-order valence-corrected chi connectivity index (χ4v) is 6.36. The van der Waals surface area contributed by atoms with Gasteiger partial charge in [0.05, 0.1) is 27.7 Å². The maximum Gasteiger partial charge on any atom is 0.306 e. The number of ether oxygens (including phenoxy) is 2. The van der Waals surface area contributed by atoms with Gasteiger partial charge in [0.25, 0.3) is 7.82 Å².